The Hall–Kier alpha value is -4.91. The van der Waals surface area contributed by atoms with E-state index in [1.54, 1.807) is 36.4 Å². The first kappa shape index (κ1) is 22.3. The number of anilines is 1. The van der Waals surface area contributed by atoms with Crippen LogP contribution in [0.3, 0.4) is 0 Å². The van der Waals surface area contributed by atoms with Crippen molar-refractivity contribution in [2.45, 2.75) is 0 Å². The monoisotopic (exact) mass is 453 g/mol. The summed E-state index contributed by atoms with van der Waals surface area (Å²) in [4.78, 5) is 35.1. The molecule has 168 valence electrons. The Morgan fingerprint density at radius 2 is 1.21 bits per heavy atom. The minimum absolute atomic E-state index is 0.178. The fourth-order valence-corrected chi connectivity index (χ4v) is 3.34. The number of carbonyl (C=O) groups excluding carboxylic acids is 1. The van der Waals surface area contributed by atoms with Gasteiger partial charge in [-0.15, -0.1) is 0 Å². The van der Waals surface area contributed by atoms with Crippen molar-refractivity contribution in [2.24, 2.45) is 0 Å². The second kappa shape index (κ2) is 9.70. The highest BCUT2D eigenvalue weighted by Crippen LogP contribution is 2.26. The molecule has 4 rings (SSSR count). The molecule has 3 N–H and O–H groups in total. The van der Waals surface area contributed by atoms with Crippen LogP contribution >= 0.6 is 0 Å². The molecule has 7 heteroatoms. The molecule has 0 aromatic heterocycles. The highest BCUT2D eigenvalue weighted by Gasteiger charge is 2.17. The summed E-state index contributed by atoms with van der Waals surface area (Å²) < 4.78 is 5.63. The van der Waals surface area contributed by atoms with E-state index in [-0.39, 0.29) is 22.8 Å². The van der Waals surface area contributed by atoms with E-state index in [0.717, 1.165) is 17.2 Å². The Labute approximate surface area is 194 Å². The second-order valence-electron chi connectivity index (χ2n) is 7.34. The molecule has 0 saturated carbocycles. The minimum atomic E-state index is -1.36. The SMILES string of the molecule is O=C(Nc1ccc(Oc2ccc(C(=O)O)c(C(=O)O)c2)cc1)c1ccc(-c2ccccc2)cc1. The molecule has 1 amide bonds. The molecule has 0 spiro atoms. The lowest BCUT2D eigenvalue weighted by molar-refractivity contribution is 0.0651. The van der Waals surface area contributed by atoms with Crippen LogP contribution in [-0.2, 0) is 0 Å². The lowest BCUT2D eigenvalue weighted by Gasteiger charge is -2.10. The molecule has 0 atom stereocenters. The van der Waals surface area contributed by atoms with Gasteiger partial charge in [0.25, 0.3) is 5.91 Å². The van der Waals surface area contributed by atoms with Gasteiger partial charge in [-0.1, -0.05) is 42.5 Å². The molecule has 4 aromatic carbocycles. The third-order valence-corrected chi connectivity index (χ3v) is 5.05. The lowest BCUT2D eigenvalue weighted by atomic mass is 10.0. The van der Waals surface area contributed by atoms with Gasteiger partial charge in [0.2, 0.25) is 0 Å². The number of carbonyl (C=O) groups is 3. The van der Waals surface area contributed by atoms with Gasteiger partial charge in [0, 0.05) is 11.3 Å². The summed E-state index contributed by atoms with van der Waals surface area (Å²) in [6, 6.07) is 27.4. The van der Waals surface area contributed by atoms with Crippen molar-refractivity contribution >= 4 is 23.5 Å². The molecule has 0 unspecified atom stereocenters. The number of benzene rings is 4. The van der Waals surface area contributed by atoms with Crippen LogP contribution in [0.4, 0.5) is 5.69 Å². The van der Waals surface area contributed by atoms with Crippen LogP contribution in [0, 0.1) is 0 Å². The van der Waals surface area contributed by atoms with Gasteiger partial charge >= 0.3 is 11.9 Å². The molecule has 0 fully saturated rings. The summed E-state index contributed by atoms with van der Waals surface area (Å²) in [5.74, 6) is -2.39. The Morgan fingerprint density at radius 1 is 0.618 bits per heavy atom. The number of carboxylic acids is 2. The van der Waals surface area contributed by atoms with Crippen molar-refractivity contribution < 1.29 is 29.3 Å². The number of carboxylic acid groups (broad SMARTS) is 2. The van der Waals surface area contributed by atoms with Gasteiger partial charge in [-0.2, -0.15) is 0 Å². The third kappa shape index (κ3) is 5.11. The smallest absolute Gasteiger partial charge is 0.336 e. The Kier molecular flexibility index (Phi) is 6.36. The Bertz CT molecular complexity index is 1350. The van der Waals surface area contributed by atoms with E-state index in [0.29, 0.717) is 17.0 Å². The van der Waals surface area contributed by atoms with Crippen molar-refractivity contribution in [1.82, 2.24) is 0 Å². The Balaban J connectivity index is 1.42. The fraction of sp³-hybridized carbons (Fsp3) is 0. The largest absolute Gasteiger partial charge is 0.478 e. The molecule has 0 aliphatic heterocycles. The molecule has 4 aromatic rings. The molecule has 0 aliphatic carbocycles. The molecule has 0 radical (unpaired) electrons. The van der Waals surface area contributed by atoms with Crippen molar-refractivity contribution in [3.63, 3.8) is 0 Å². The van der Waals surface area contributed by atoms with Gasteiger partial charge in [0.1, 0.15) is 11.5 Å². The quantitative estimate of drug-likeness (QED) is 0.326. The van der Waals surface area contributed by atoms with Crippen LogP contribution in [0.5, 0.6) is 11.5 Å². The lowest BCUT2D eigenvalue weighted by Crippen LogP contribution is -2.11. The zero-order chi connectivity index (χ0) is 24.1. The van der Waals surface area contributed by atoms with E-state index in [2.05, 4.69) is 5.32 Å². The molecule has 34 heavy (non-hydrogen) atoms. The summed E-state index contributed by atoms with van der Waals surface area (Å²) in [6.07, 6.45) is 0. The summed E-state index contributed by atoms with van der Waals surface area (Å²) >= 11 is 0. The van der Waals surface area contributed by atoms with Crippen LogP contribution in [0.15, 0.2) is 97.1 Å². The van der Waals surface area contributed by atoms with Crippen LogP contribution < -0.4 is 10.1 Å². The summed E-state index contributed by atoms with van der Waals surface area (Å²) in [6.45, 7) is 0. The summed E-state index contributed by atoms with van der Waals surface area (Å²) in [5, 5.41) is 21.2. The maximum Gasteiger partial charge on any atom is 0.336 e. The van der Waals surface area contributed by atoms with Crippen molar-refractivity contribution in [3.05, 3.63) is 114 Å². The number of hydrogen-bond donors (Lipinski definition) is 3. The van der Waals surface area contributed by atoms with Crippen molar-refractivity contribution in [3.8, 4) is 22.6 Å². The average Bonchev–Trinajstić information content (AvgIpc) is 2.85. The molecule has 0 aliphatic rings. The van der Waals surface area contributed by atoms with Gasteiger partial charge in [-0.3, -0.25) is 4.79 Å². The predicted octanol–water partition coefficient (Wildman–Crippen LogP) is 5.79. The van der Waals surface area contributed by atoms with Gasteiger partial charge in [-0.05, 0) is 65.7 Å². The number of hydrogen-bond acceptors (Lipinski definition) is 4. The first-order valence-corrected chi connectivity index (χ1v) is 10.3. The average molecular weight is 453 g/mol. The number of ether oxygens (including phenoxy) is 1. The molecule has 0 saturated heterocycles. The normalized spacial score (nSPS) is 10.4. The van der Waals surface area contributed by atoms with Gasteiger partial charge in [-0.25, -0.2) is 9.59 Å². The van der Waals surface area contributed by atoms with Crippen molar-refractivity contribution in [2.75, 3.05) is 5.32 Å². The van der Waals surface area contributed by atoms with E-state index < -0.39 is 11.9 Å². The predicted molar refractivity (Wildman–Crippen MR) is 127 cm³/mol. The maximum absolute atomic E-state index is 12.6. The summed E-state index contributed by atoms with van der Waals surface area (Å²) in [7, 11) is 0. The molecular weight excluding hydrogens is 434 g/mol. The topological polar surface area (TPSA) is 113 Å². The Morgan fingerprint density at radius 3 is 1.82 bits per heavy atom. The fourth-order valence-electron chi connectivity index (χ4n) is 3.34. The van der Waals surface area contributed by atoms with Gasteiger partial charge in [0.05, 0.1) is 11.1 Å². The second-order valence-corrected chi connectivity index (χ2v) is 7.34. The number of amides is 1. The zero-order valence-electron chi connectivity index (χ0n) is 17.8. The van der Waals surface area contributed by atoms with E-state index in [9.17, 15) is 19.5 Å². The number of nitrogens with one attached hydrogen (secondary N) is 1. The van der Waals surface area contributed by atoms with E-state index >= 15 is 0 Å². The van der Waals surface area contributed by atoms with E-state index in [1.165, 1.54) is 12.1 Å². The standard InChI is InChI=1S/C27H19NO6/c29-25(19-8-6-18(7-9-19)17-4-2-1-3-5-17)28-20-10-12-21(13-11-20)34-22-14-15-23(26(30)31)24(16-22)27(32)33/h1-16H,(H,28,29)(H,30,31)(H,32,33). The number of aromatic carboxylic acids is 2. The maximum atomic E-state index is 12.6. The minimum Gasteiger partial charge on any atom is -0.478 e. The van der Waals surface area contributed by atoms with E-state index in [4.69, 9.17) is 9.84 Å². The van der Waals surface area contributed by atoms with Crippen molar-refractivity contribution in [1.29, 1.82) is 0 Å². The molecule has 7 nitrogen and oxygen atoms in total. The summed E-state index contributed by atoms with van der Waals surface area (Å²) in [5.41, 5.74) is 2.46. The number of rotatable bonds is 7. The van der Waals surface area contributed by atoms with Crippen LogP contribution in [-0.4, -0.2) is 28.1 Å². The highest BCUT2D eigenvalue weighted by molar-refractivity contribution is 6.04. The molecule has 0 heterocycles. The van der Waals surface area contributed by atoms with Crippen LogP contribution in [0.2, 0.25) is 0 Å². The van der Waals surface area contributed by atoms with Crippen LogP contribution in [0.1, 0.15) is 31.1 Å². The molecular formula is C27H19NO6. The first-order valence-electron chi connectivity index (χ1n) is 10.3. The highest BCUT2D eigenvalue weighted by atomic mass is 16.5. The zero-order valence-corrected chi connectivity index (χ0v) is 17.8. The van der Waals surface area contributed by atoms with Crippen LogP contribution in [0.25, 0.3) is 11.1 Å². The third-order valence-electron chi connectivity index (χ3n) is 5.05. The molecule has 0 bridgehead atoms. The first-order chi connectivity index (χ1) is 16.4. The van der Waals surface area contributed by atoms with Gasteiger partial charge in [0.15, 0.2) is 0 Å². The van der Waals surface area contributed by atoms with Gasteiger partial charge < -0.3 is 20.3 Å². The van der Waals surface area contributed by atoms with E-state index in [1.807, 2.05) is 42.5 Å².